The molecule has 0 aliphatic carbocycles. The molecule has 1 atom stereocenters. The summed E-state index contributed by atoms with van der Waals surface area (Å²) in [5, 5.41) is 2.00. The summed E-state index contributed by atoms with van der Waals surface area (Å²) < 4.78 is 13.9. The van der Waals surface area contributed by atoms with Crippen molar-refractivity contribution in [2.45, 2.75) is 12.3 Å². The number of aryl methyl sites for hydroxylation is 1. The van der Waals surface area contributed by atoms with Gasteiger partial charge in [0.05, 0.1) is 17.5 Å². The third-order valence-electron chi connectivity index (χ3n) is 7.05. The van der Waals surface area contributed by atoms with Gasteiger partial charge in [0.25, 0.3) is 0 Å². The summed E-state index contributed by atoms with van der Waals surface area (Å²) in [4.78, 5) is 30.5. The predicted molar refractivity (Wildman–Crippen MR) is 136 cm³/mol. The number of hydrogen-bond acceptors (Lipinski definition) is 5. The molecule has 0 bridgehead atoms. The Balaban J connectivity index is 1.39. The molecule has 2 aliphatic heterocycles. The first-order valence-corrected chi connectivity index (χ1v) is 11.8. The van der Waals surface area contributed by atoms with Crippen LogP contribution in [0.3, 0.4) is 0 Å². The molecule has 6 heteroatoms. The van der Waals surface area contributed by atoms with Crippen LogP contribution in [0, 0.1) is 0 Å². The highest BCUT2D eigenvalue weighted by molar-refractivity contribution is 6.16. The number of carbonyl (C=O) groups is 2. The number of ether oxygens (including phenoxy) is 2. The highest BCUT2D eigenvalue weighted by atomic mass is 16.5. The summed E-state index contributed by atoms with van der Waals surface area (Å²) in [5.41, 5.74) is 4.97. The number of rotatable bonds is 2. The quantitative estimate of drug-likeness (QED) is 0.185. The van der Waals surface area contributed by atoms with Crippen molar-refractivity contribution in [1.82, 2.24) is 9.55 Å². The van der Waals surface area contributed by atoms with E-state index < -0.39 is 0 Å². The summed E-state index contributed by atoms with van der Waals surface area (Å²) >= 11 is 0. The van der Waals surface area contributed by atoms with Gasteiger partial charge in [0.15, 0.2) is 5.76 Å². The first kappa shape index (κ1) is 20.6. The third-order valence-corrected chi connectivity index (χ3v) is 7.05. The van der Waals surface area contributed by atoms with Crippen molar-refractivity contribution in [1.29, 1.82) is 0 Å². The van der Waals surface area contributed by atoms with E-state index in [4.69, 9.17) is 9.47 Å². The van der Waals surface area contributed by atoms with Gasteiger partial charge < -0.3 is 14.0 Å². The van der Waals surface area contributed by atoms with Crippen LogP contribution in [0.25, 0.3) is 27.9 Å². The molecule has 4 heterocycles. The summed E-state index contributed by atoms with van der Waals surface area (Å²) in [5.74, 6) is 0.316. The van der Waals surface area contributed by atoms with Crippen molar-refractivity contribution in [3.8, 4) is 11.5 Å². The number of benzene rings is 3. The molecule has 0 saturated carbocycles. The van der Waals surface area contributed by atoms with Crippen molar-refractivity contribution in [2.24, 2.45) is 7.05 Å². The lowest BCUT2D eigenvalue weighted by atomic mass is 9.83. The summed E-state index contributed by atoms with van der Waals surface area (Å²) in [6.07, 6.45) is 5.68. The zero-order valence-electron chi connectivity index (χ0n) is 19.4. The molecule has 3 aromatic carbocycles. The van der Waals surface area contributed by atoms with Crippen LogP contribution >= 0.6 is 0 Å². The Kier molecular flexibility index (Phi) is 4.39. The van der Waals surface area contributed by atoms with E-state index in [-0.39, 0.29) is 29.9 Å². The Morgan fingerprint density at radius 2 is 1.75 bits per heavy atom. The normalized spacial score (nSPS) is 17.8. The van der Waals surface area contributed by atoms with Crippen LogP contribution in [-0.2, 0) is 11.8 Å². The molecule has 2 aromatic heterocycles. The number of allylic oxidation sites excluding steroid dienone is 1. The molecule has 1 unspecified atom stereocenters. The molecule has 2 aliphatic rings. The standard InChI is InChI=1S/C30H20N2O4/c1-32-16-17(18-6-3-5-9-24(18)32)14-26-29(34)21-10-11-25-28(30(21)36-26)22(15-27(33)35-25)19-12-13-31-23-8-4-2-7-20(19)23/h2-14,16,22H,15H2,1H3/b26-14-. The predicted octanol–water partition coefficient (Wildman–Crippen LogP) is 5.78. The van der Waals surface area contributed by atoms with E-state index in [2.05, 4.69) is 4.98 Å². The maximum Gasteiger partial charge on any atom is 0.312 e. The Bertz CT molecular complexity index is 1770. The van der Waals surface area contributed by atoms with Crippen molar-refractivity contribution in [3.63, 3.8) is 0 Å². The molecule has 6 nitrogen and oxygen atoms in total. The van der Waals surface area contributed by atoms with Crippen molar-refractivity contribution < 1.29 is 19.1 Å². The number of nitrogens with zero attached hydrogens (tertiary/aromatic N) is 2. The second kappa shape index (κ2) is 7.65. The number of hydrogen-bond donors (Lipinski definition) is 0. The molecule has 0 radical (unpaired) electrons. The average Bonchev–Trinajstić information content (AvgIpc) is 3.39. The van der Waals surface area contributed by atoms with Crippen LogP contribution in [0.15, 0.2) is 84.9 Å². The molecule has 0 N–H and O–H groups in total. The third kappa shape index (κ3) is 3.01. The van der Waals surface area contributed by atoms with Crippen molar-refractivity contribution in [2.75, 3.05) is 0 Å². The van der Waals surface area contributed by atoms with Gasteiger partial charge in [-0.15, -0.1) is 0 Å². The average molecular weight is 473 g/mol. The minimum atomic E-state index is -0.325. The fraction of sp³-hybridized carbons (Fsp3) is 0.100. The number of pyridine rings is 1. The SMILES string of the molecule is Cn1cc(/C=C2\Oc3c(ccc4c3C(c3ccnc5ccccc35)CC(=O)O4)C2=O)c2ccccc21. The van der Waals surface area contributed by atoms with E-state index in [1.165, 1.54) is 0 Å². The minimum Gasteiger partial charge on any atom is -0.452 e. The molecular formula is C30H20N2O4. The van der Waals surface area contributed by atoms with E-state index >= 15 is 0 Å². The van der Waals surface area contributed by atoms with Gasteiger partial charge in [0.1, 0.15) is 11.5 Å². The van der Waals surface area contributed by atoms with Gasteiger partial charge in [-0.2, -0.15) is 0 Å². The smallest absolute Gasteiger partial charge is 0.312 e. The van der Waals surface area contributed by atoms with Crippen LogP contribution in [0.1, 0.15) is 39.4 Å². The van der Waals surface area contributed by atoms with Gasteiger partial charge >= 0.3 is 5.97 Å². The molecule has 0 spiro atoms. The lowest BCUT2D eigenvalue weighted by molar-refractivity contribution is -0.135. The van der Waals surface area contributed by atoms with Gasteiger partial charge in [-0.1, -0.05) is 36.4 Å². The summed E-state index contributed by atoms with van der Waals surface area (Å²) in [6.45, 7) is 0. The Labute approximate surface area is 206 Å². The molecule has 0 fully saturated rings. The van der Waals surface area contributed by atoms with Gasteiger partial charge in [-0.25, -0.2) is 0 Å². The van der Waals surface area contributed by atoms with E-state index in [0.717, 1.165) is 38.5 Å². The van der Waals surface area contributed by atoms with E-state index in [0.29, 0.717) is 17.1 Å². The topological polar surface area (TPSA) is 70.4 Å². The molecular weight excluding hydrogens is 452 g/mol. The lowest BCUT2D eigenvalue weighted by Crippen LogP contribution is -2.21. The van der Waals surface area contributed by atoms with Gasteiger partial charge in [0, 0.05) is 52.8 Å². The highest BCUT2D eigenvalue weighted by Crippen LogP contribution is 2.50. The van der Waals surface area contributed by atoms with Gasteiger partial charge in [-0.3, -0.25) is 14.6 Å². The fourth-order valence-electron chi connectivity index (χ4n) is 5.42. The fourth-order valence-corrected chi connectivity index (χ4v) is 5.42. The molecule has 7 rings (SSSR count). The van der Waals surface area contributed by atoms with E-state index in [1.54, 1.807) is 24.4 Å². The van der Waals surface area contributed by atoms with Crippen LogP contribution in [0.4, 0.5) is 0 Å². The van der Waals surface area contributed by atoms with Gasteiger partial charge in [-0.05, 0) is 42.0 Å². The maximum atomic E-state index is 13.4. The number of esters is 1. The highest BCUT2D eigenvalue weighted by Gasteiger charge is 2.39. The number of fused-ring (bicyclic) bond motifs is 5. The minimum absolute atomic E-state index is 0.150. The number of aromatic nitrogens is 2. The van der Waals surface area contributed by atoms with Gasteiger partial charge in [0.2, 0.25) is 5.78 Å². The molecule has 36 heavy (non-hydrogen) atoms. The second-order valence-corrected chi connectivity index (χ2v) is 9.15. The molecule has 0 saturated heterocycles. The van der Waals surface area contributed by atoms with Crippen LogP contribution in [0.5, 0.6) is 11.5 Å². The Morgan fingerprint density at radius 1 is 0.944 bits per heavy atom. The number of carbonyl (C=O) groups excluding carboxylic acids is 2. The second-order valence-electron chi connectivity index (χ2n) is 9.15. The first-order chi connectivity index (χ1) is 17.6. The zero-order chi connectivity index (χ0) is 24.4. The Morgan fingerprint density at radius 3 is 2.64 bits per heavy atom. The lowest BCUT2D eigenvalue weighted by Gasteiger charge is -2.27. The van der Waals surface area contributed by atoms with E-state index in [9.17, 15) is 9.59 Å². The molecule has 174 valence electrons. The molecule has 0 amide bonds. The van der Waals surface area contributed by atoms with Crippen LogP contribution in [0.2, 0.25) is 0 Å². The number of para-hydroxylation sites is 2. The largest absolute Gasteiger partial charge is 0.452 e. The number of ketones is 1. The van der Waals surface area contributed by atoms with Crippen molar-refractivity contribution >= 4 is 39.6 Å². The Hall–Kier alpha value is -4.71. The number of Topliss-reactive ketones (excluding diaryl/α,β-unsaturated/α-hetero) is 1. The summed E-state index contributed by atoms with van der Waals surface area (Å²) in [7, 11) is 1.98. The maximum absolute atomic E-state index is 13.4. The van der Waals surface area contributed by atoms with Crippen molar-refractivity contribution in [3.05, 3.63) is 107 Å². The van der Waals surface area contributed by atoms with Crippen LogP contribution < -0.4 is 9.47 Å². The van der Waals surface area contributed by atoms with E-state index in [1.807, 2.05) is 72.4 Å². The zero-order valence-corrected chi connectivity index (χ0v) is 19.4. The first-order valence-electron chi connectivity index (χ1n) is 11.8. The van der Waals surface area contributed by atoms with Crippen LogP contribution in [-0.4, -0.2) is 21.3 Å². The molecule has 5 aromatic rings. The summed E-state index contributed by atoms with van der Waals surface area (Å²) in [6, 6.07) is 21.2. The monoisotopic (exact) mass is 472 g/mol.